The lowest BCUT2D eigenvalue weighted by molar-refractivity contribution is -0.431. The van der Waals surface area contributed by atoms with Crippen LogP contribution in [-0.4, -0.2) is 4.92 Å². The molecular formula is C12H14ClNO2. The highest BCUT2D eigenvalue weighted by Gasteiger charge is 2.15. The van der Waals surface area contributed by atoms with E-state index in [1.54, 1.807) is 38.1 Å². The first-order chi connectivity index (χ1) is 7.41. The molecular weight excluding hydrogens is 226 g/mol. The molecule has 1 rings (SSSR count). The van der Waals surface area contributed by atoms with Crippen LogP contribution < -0.4 is 0 Å². The Morgan fingerprint density at radius 2 is 2.12 bits per heavy atom. The second-order valence-electron chi connectivity index (χ2n) is 3.98. The molecule has 0 saturated heterocycles. The van der Waals surface area contributed by atoms with Crippen LogP contribution in [0, 0.1) is 23.0 Å². The van der Waals surface area contributed by atoms with Crippen molar-refractivity contribution in [3.05, 3.63) is 50.2 Å². The van der Waals surface area contributed by atoms with Gasteiger partial charge in [-0.2, -0.15) is 0 Å². The van der Waals surface area contributed by atoms with E-state index in [4.69, 9.17) is 11.6 Å². The Labute approximate surface area is 99.9 Å². The molecule has 4 heteroatoms. The number of nitrogens with zero attached hydrogens (tertiary/aromatic N) is 1. The molecule has 0 atom stereocenters. The Kier molecular flexibility index (Phi) is 4.07. The molecule has 0 aromatic heterocycles. The summed E-state index contributed by atoms with van der Waals surface area (Å²) < 4.78 is 0. The average Bonchev–Trinajstić information content (AvgIpc) is 2.15. The summed E-state index contributed by atoms with van der Waals surface area (Å²) in [5.74, 6) is -0.106. The minimum absolute atomic E-state index is 0.106. The van der Waals surface area contributed by atoms with E-state index in [1.165, 1.54) is 0 Å². The fraction of sp³-hybridized carbons (Fsp3) is 0.333. The second-order valence-corrected chi connectivity index (χ2v) is 4.42. The molecule has 0 radical (unpaired) electrons. The van der Waals surface area contributed by atoms with Crippen molar-refractivity contribution in [3.8, 4) is 0 Å². The van der Waals surface area contributed by atoms with Gasteiger partial charge in [0, 0.05) is 17.0 Å². The van der Waals surface area contributed by atoms with Crippen LogP contribution in [0.3, 0.4) is 0 Å². The highest BCUT2D eigenvalue weighted by atomic mass is 35.5. The van der Waals surface area contributed by atoms with Crippen LogP contribution in [0.2, 0.25) is 5.02 Å². The third-order valence-corrected chi connectivity index (χ3v) is 2.57. The quantitative estimate of drug-likeness (QED) is 0.593. The predicted octanol–water partition coefficient (Wildman–Crippen LogP) is 3.92. The lowest BCUT2D eigenvalue weighted by Gasteiger charge is -2.04. The van der Waals surface area contributed by atoms with Gasteiger partial charge in [-0.3, -0.25) is 10.1 Å². The largest absolute Gasteiger partial charge is 0.259 e. The van der Waals surface area contributed by atoms with E-state index < -0.39 is 0 Å². The molecule has 1 aromatic carbocycles. The molecule has 0 amide bonds. The van der Waals surface area contributed by atoms with Crippen molar-refractivity contribution in [1.29, 1.82) is 0 Å². The summed E-state index contributed by atoms with van der Waals surface area (Å²) in [7, 11) is 0. The first-order valence-electron chi connectivity index (χ1n) is 5.04. The van der Waals surface area contributed by atoms with Crippen molar-refractivity contribution in [3.63, 3.8) is 0 Å². The van der Waals surface area contributed by atoms with E-state index in [0.717, 1.165) is 11.1 Å². The summed E-state index contributed by atoms with van der Waals surface area (Å²) in [6.45, 7) is 5.50. The normalized spacial score (nSPS) is 11.9. The maximum absolute atomic E-state index is 10.8. The molecule has 0 heterocycles. The number of allylic oxidation sites excluding steroid dienone is 1. The van der Waals surface area contributed by atoms with Gasteiger partial charge in [-0.05, 0) is 30.2 Å². The number of hydrogen-bond acceptors (Lipinski definition) is 2. The highest BCUT2D eigenvalue weighted by molar-refractivity contribution is 6.30. The van der Waals surface area contributed by atoms with Crippen LogP contribution in [0.4, 0.5) is 0 Å². The van der Waals surface area contributed by atoms with E-state index in [1.807, 2.05) is 6.92 Å². The number of aryl methyl sites for hydroxylation is 1. The molecule has 0 aliphatic rings. The van der Waals surface area contributed by atoms with Gasteiger partial charge in [0.05, 0.1) is 4.92 Å². The van der Waals surface area contributed by atoms with Crippen molar-refractivity contribution < 1.29 is 4.92 Å². The fourth-order valence-corrected chi connectivity index (χ4v) is 1.62. The van der Waals surface area contributed by atoms with Gasteiger partial charge in [0.1, 0.15) is 0 Å². The van der Waals surface area contributed by atoms with E-state index in [-0.39, 0.29) is 16.5 Å². The van der Waals surface area contributed by atoms with Crippen molar-refractivity contribution in [2.24, 2.45) is 5.92 Å². The van der Waals surface area contributed by atoms with Gasteiger partial charge in [0.25, 0.3) is 0 Å². The SMILES string of the molecule is Cc1cc(Cl)ccc1/C=C(/C(C)C)[N+](=O)[O-]. The molecule has 0 N–H and O–H groups in total. The van der Waals surface area contributed by atoms with Gasteiger partial charge in [0.2, 0.25) is 5.70 Å². The Balaban J connectivity index is 3.18. The topological polar surface area (TPSA) is 43.1 Å². The number of halogens is 1. The van der Waals surface area contributed by atoms with Crippen molar-refractivity contribution >= 4 is 17.7 Å². The zero-order valence-corrected chi connectivity index (χ0v) is 10.3. The van der Waals surface area contributed by atoms with Crippen LogP contribution in [0.1, 0.15) is 25.0 Å². The Morgan fingerprint density at radius 3 is 2.56 bits per heavy atom. The lowest BCUT2D eigenvalue weighted by Crippen LogP contribution is -2.05. The van der Waals surface area contributed by atoms with Crippen LogP contribution >= 0.6 is 11.6 Å². The minimum atomic E-state index is -0.335. The first-order valence-corrected chi connectivity index (χ1v) is 5.41. The molecule has 0 spiro atoms. The van der Waals surface area contributed by atoms with Gasteiger partial charge in [-0.1, -0.05) is 31.5 Å². The zero-order valence-electron chi connectivity index (χ0n) is 9.53. The predicted molar refractivity (Wildman–Crippen MR) is 66.0 cm³/mol. The Bertz CT molecular complexity index is 439. The summed E-state index contributed by atoms with van der Waals surface area (Å²) in [6, 6.07) is 5.33. The van der Waals surface area contributed by atoms with E-state index in [2.05, 4.69) is 0 Å². The number of hydrogen-bond donors (Lipinski definition) is 0. The molecule has 0 bridgehead atoms. The van der Waals surface area contributed by atoms with Gasteiger partial charge in [-0.15, -0.1) is 0 Å². The maximum atomic E-state index is 10.8. The van der Waals surface area contributed by atoms with Crippen LogP contribution in [0.15, 0.2) is 23.9 Å². The molecule has 0 saturated carbocycles. The van der Waals surface area contributed by atoms with Crippen molar-refractivity contribution in [2.45, 2.75) is 20.8 Å². The standard InChI is InChI=1S/C12H14ClNO2/c1-8(2)12(14(15)16)7-10-4-5-11(13)6-9(10)3/h4-8H,1-3H3/b12-7-. The fourth-order valence-electron chi connectivity index (χ4n) is 1.39. The van der Waals surface area contributed by atoms with E-state index in [0.29, 0.717) is 5.02 Å². The summed E-state index contributed by atoms with van der Waals surface area (Å²) in [6.07, 6.45) is 1.61. The Morgan fingerprint density at radius 1 is 1.50 bits per heavy atom. The molecule has 1 aromatic rings. The summed E-state index contributed by atoms with van der Waals surface area (Å²) in [4.78, 5) is 10.5. The van der Waals surface area contributed by atoms with E-state index in [9.17, 15) is 10.1 Å². The minimum Gasteiger partial charge on any atom is -0.259 e. The number of benzene rings is 1. The third kappa shape index (κ3) is 3.07. The van der Waals surface area contributed by atoms with Gasteiger partial charge in [0.15, 0.2) is 0 Å². The van der Waals surface area contributed by atoms with Crippen LogP contribution in [0.25, 0.3) is 6.08 Å². The van der Waals surface area contributed by atoms with Crippen molar-refractivity contribution in [2.75, 3.05) is 0 Å². The molecule has 16 heavy (non-hydrogen) atoms. The van der Waals surface area contributed by atoms with Crippen molar-refractivity contribution in [1.82, 2.24) is 0 Å². The first kappa shape index (κ1) is 12.7. The Hall–Kier alpha value is -1.35. The van der Waals surface area contributed by atoms with Crippen LogP contribution in [0.5, 0.6) is 0 Å². The monoisotopic (exact) mass is 239 g/mol. The molecule has 0 aliphatic heterocycles. The zero-order chi connectivity index (χ0) is 12.3. The van der Waals surface area contributed by atoms with Gasteiger partial charge < -0.3 is 0 Å². The molecule has 0 fully saturated rings. The highest BCUT2D eigenvalue weighted by Crippen LogP contribution is 2.20. The third-order valence-electron chi connectivity index (χ3n) is 2.34. The van der Waals surface area contributed by atoms with E-state index >= 15 is 0 Å². The lowest BCUT2D eigenvalue weighted by atomic mass is 10.0. The number of nitro groups is 1. The van der Waals surface area contributed by atoms with Crippen LogP contribution in [-0.2, 0) is 0 Å². The maximum Gasteiger partial charge on any atom is 0.249 e. The smallest absolute Gasteiger partial charge is 0.249 e. The molecule has 86 valence electrons. The second kappa shape index (κ2) is 5.12. The summed E-state index contributed by atoms with van der Waals surface area (Å²) >= 11 is 5.82. The van der Waals surface area contributed by atoms with Gasteiger partial charge >= 0.3 is 0 Å². The summed E-state index contributed by atoms with van der Waals surface area (Å²) in [5, 5.41) is 11.5. The van der Waals surface area contributed by atoms with Gasteiger partial charge in [-0.25, -0.2) is 0 Å². The molecule has 0 aliphatic carbocycles. The molecule has 3 nitrogen and oxygen atoms in total. The number of rotatable bonds is 3. The molecule has 0 unspecified atom stereocenters. The summed E-state index contributed by atoms with van der Waals surface area (Å²) in [5.41, 5.74) is 1.99. The average molecular weight is 240 g/mol.